The first kappa shape index (κ1) is 44.6. The number of carbonyl (C=O) groups is 5. The van der Waals surface area contributed by atoms with Crippen LogP contribution < -0.4 is 10.6 Å². The standard InChI is InChI=1S/C41H63N5O7S/c1-10-27(6)36(44-38(49)32-18-14-15-19-45(32)8)40(50)46(9)33(26(4)5)23-34(53-35(47)20-25(2)3)39-43-31(24-54-39)37(48)42-30(21-28(7)41(51)52)22-29-16-12-11-13-17-29/h11-13,16-17,24-28,30,32-34,36H,10,14-15,18-23H2,1-9H3,(H,42,48)(H,44,49)(H,51,52)/t27-,28?,30?,32?,33+,34+,36-/m0/s1. The number of aliphatic carboxylic acids is 1. The number of aromatic nitrogens is 1. The number of carbonyl (C=O) groups excluding carboxylic acids is 4. The van der Waals surface area contributed by atoms with Crippen molar-refractivity contribution < 1.29 is 33.8 Å². The average Bonchev–Trinajstić information content (AvgIpc) is 3.62. The maximum absolute atomic E-state index is 14.3. The highest BCUT2D eigenvalue weighted by molar-refractivity contribution is 7.09. The Labute approximate surface area is 325 Å². The molecule has 1 aromatic heterocycles. The number of carboxylic acids is 1. The number of amides is 3. The molecule has 300 valence electrons. The lowest BCUT2D eigenvalue weighted by molar-refractivity contribution is -0.152. The van der Waals surface area contributed by atoms with E-state index in [0.29, 0.717) is 17.8 Å². The van der Waals surface area contributed by atoms with Crippen LogP contribution >= 0.6 is 11.3 Å². The Morgan fingerprint density at radius 3 is 2.30 bits per heavy atom. The first-order valence-corrected chi connectivity index (χ1v) is 20.4. The molecule has 0 radical (unpaired) electrons. The number of hydrogen-bond acceptors (Lipinski definition) is 9. The molecule has 0 bridgehead atoms. The number of piperidine rings is 1. The summed E-state index contributed by atoms with van der Waals surface area (Å²) in [5.74, 6) is -2.93. The third-order valence-electron chi connectivity index (χ3n) is 10.5. The van der Waals surface area contributed by atoms with Crippen LogP contribution in [0.25, 0.3) is 0 Å². The van der Waals surface area contributed by atoms with Gasteiger partial charge in [-0.05, 0) is 62.6 Å². The summed E-state index contributed by atoms with van der Waals surface area (Å²) in [6.07, 6.45) is 3.71. The van der Waals surface area contributed by atoms with Crippen LogP contribution in [0.2, 0.25) is 0 Å². The van der Waals surface area contributed by atoms with E-state index in [1.165, 1.54) is 11.3 Å². The smallest absolute Gasteiger partial charge is 0.306 e. The van der Waals surface area contributed by atoms with Crippen LogP contribution in [0.4, 0.5) is 0 Å². The van der Waals surface area contributed by atoms with Crippen LogP contribution in [-0.2, 0) is 30.3 Å². The second-order valence-corrected chi connectivity index (χ2v) is 16.7. The topological polar surface area (TPSA) is 158 Å². The first-order chi connectivity index (χ1) is 25.5. The Hall–Kier alpha value is -3.84. The Balaban J connectivity index is 1.87. The first-order valence-electron chi connectivity index (χ1n) is 19.5. The Morgan fingerprint density at radius 2 is 1.70 bits per heavy atom. The predicted molar refractivity (Wildman–Crippen MR) is 211 cm³/mol. The van der Waals surface area contributed by atoms with Crippen LogP contribution in [0.5, 0.6) is 0 Å². The largest absolute Gasteiger partial charge is 0.481 e. The van der Waals surface area contributed by atoms with Crippen molar-refractivity contribution in [3.63, 3.8) is 0 Å². The van der Waals surface area contributed by atoms with E-state index < -0.39 is 48.0 Å². The quantitative estimate of drug-likeness (QED) is 0.135. The highest BCUT2D eigenvalue weighted by Gasteiger charge is 2.37. The molecule has 0 saturated carbocycles. The van der Waals surface area contributed by atoms with Gasteiger partial charge in [-0.3, -0.25) is 28.9 Å². The van der Waals surface area contributed by atoms with Crippen molar-refractivity contribution in [1.82, 2.24) is 25.4 Å². The molecule has 13 heteroatoms. The SMILES string of the molecule is CC[C@H](C)[C@H](NC(=O)C1CCCCN1C)C(=O)N(C)[C@H](C[C@@H](OC(=O)CC(C)C)c1nc(C(=O)NC(Cc2ccccc2)CC(C)C(=O)O)cs1)C(C)C. The zero-order valence-electron chi connectivity index (χ0n) is 33.7. The average molecular weight is 770 g/mol. The Bertz CT molecular complexity index is 1530. The number of carboxylic acid groups (broad SMARTS) is 1. The van der Waals surface area contributed by atoms with E-state index in [4.69, 9.17) is 4.74 Å². The highest BCUT2D eigenvalue weighted by atomic mass is 32.1. The number of rotatable bonds is 20. The van der Waals surface area contributed by atoms with Crippen LogP contribution in [0, 0.1) is 23.7 Å². The molecule has 1 aromatic carbocycles. The van der Waals surface area contributed by atoms with E-state index in [2.05, 4.69) is 20.5 Å². The second-order valence-electron chi connectivity index (χ2n) is 15.8. The maximum Gasteiger partial charge on any atom is 0.306 e. The number of nitrogens with zero attached hydrogens (tertiary/aromatic N) is 3. The van der Waals surface area contributed by atoms with Crippen molar-refractivity contribution in [2.75, 3.05) is 20.6 Å². The summed E-state index contributed by atoms with van der Waals surface area (Å²) >= 11 is 1.20. The molecule has 3 amide bonds. The van der Waals surface area contributed by atoms with Gasteiger partial charge >= 0.3 is 11.9 Å². The number of nitrogens with one attached hydrogen (secondary N) is 2. The van der Waals surface area contributed by atoms with Crippen molar-refractivity contribution in [2.45, 2.75) is 130 Å². The summed E-state index contributed by atoms with van der Waals surface area (Å²) in [6.45, 7) is 14.3. The second kappa shape index (κ2) is 21.3. The molecule has 0 spiro atoms. The Kier molecular flexibility index (Phi) is 17.6. The van der Waals surface area contributed by atoms with Gasteiger partial charge in [0.25, 0.3) is 5.91 Å². The molecular formula is C41H63N5O7S. The number of ether oxygens (including phenoxy) is 1. The molecule has 1 saturated heterocycles. The van der Waals surface area contributed by atoms with Crippen LogP contribution in [0.3, 0.4) is 0 Å². The lowest BCUT2D eigenvalue weighted by atomic mass is 9.92. The van der Waals surface area contributed by atoms with E-state index in [9.17, 15) is 29.1 Å². The zero-order valence-corrected chi connectivity index (χ0v) is 34.5. The normalized spacial score (nSPS) is 18.2. The molecule has 7 atom stereocenters. The monoisotopic (exact) mass is 769 g/mol. The van der Waals surface area contributed by atoms with Crippen molar-refractivity contribution in [2.24, 2.45) is 23.7 Å². The van der Waals surface area contributed by atoms with Gasteiger partial charge in [-0.15, -0.1) is 11.3 Å². The predicted octanol–water partition coefficient (Wildman–Crippen LogP) is 6.11. The van der Waals surface area contributed by atoms with Gasteiger partial charge in [0.2, 0.25) is 11.8 Å². The summed E-state index contributed by atoms with van der Waals surface area (Å²) in [7, 11) is 3.68. The minimum atomic E-state index is -0.942. The fraction of sp³-hybridized carbons (Fsp3) is 0.659. The third-order valence-corrected chi connectivity index (χ3v) is 11.5. The minimum absolute atomic E-state index is 0.0544. The fourth-order valence-corrected chi connectivity index (χ4v) is 7.82. The summed E-state index contributed by atoms with van der Waals surface area (Å²) in [6, 6.07) is 7.69. The van der Waals surface area contributed by atoms with Crippen LogP contribution in [0.15, 0.2) is 35.7 Å². The van der Waals surface area contributed by atoms with E-state index in [-0.39, 0.29) is 60.6 Å². The van der Waals surface area contributed by atoms with Crippen LogP contribution in [0.1, 0.15) is 121 Å². The Morgan fingerprint density at radius 1 is 1.02 bits per heavy atom. The summed E-state index contributed by atoms with van der Waals surface area (Å²) in [4.78, 5) is 74.6. The minimum Gasteiger partial charge on any atom is -0.481 e. The molecule has 3 rings (SSSR count). The third kappa shape index (κ3) is 13.2. The number of benzene rings is 1. The van der Waals surface area contributed by atoms with Gasteiger partial charge in [-0.1, -0.05) is 91.6 Å². The van der Waals surface area contributed by atoms with Gasteiger partial charge in [0, 0.05) is 37.4 Å². The van der Waals surface area contributed by atoms with Gasteiger partial charge in [-0.25, -0.2) is 4.98 Å². The lowest BCUT2D eigenvalue weighted by Crippen LogP contribution is -2.58. The van der Waals surface area contributed by atoms with Crippen molar-refractivity contribution in [3.8, 4) is 0 Å². The van der Waals surface area contributed by atoms with E-state index in [1.54, 1.807) is 24.3 Å². The molecule has 2 heterocycles. The van der Waals surface area contributed by atoms with E-state index in [0.717, 1.165) is 31.4 Å². The molecule has 3 unspecified atom stereocenters. The zero-order chi connectivity index (χ0) is 40.1. The molecule has 0 aliphatic carbocycles. The molecule has 1 aliphatic heterocycles. The number of esters is 1. The van der Waals surface area contributed by atoms with Crippen molar-refractivity contribution >= 4 is 41.0 Å². The van der Waals surface area contributed by atoms with E-state index >= 15 is 0 Å². The molecule has 12 nitrogen and oxygen atoms in total. The summed E-state index contributed by atoms with van der Waals surface area (Å²) in [5, 5.41) is 17.7. The summed E-state index contributed by atoms with van der Waals surface area (Å²) in [5.41, 5.74) is 1.10. The van der Waals surface area contributed by atoms with Gasteiger partial charge in [0.05, 0.1) is 12.0 Å². The molecular weight excluding hydrogens is 707 g/mol. The van der Waals surface area contributed by atoms with Gasteiger partial charge in [0.1, 0.15) is 16.7 Å². The van der Waals surface area contributed by atoms with Gasteiger partial charge in [0.15, 0.2) is 6.10 Å². The summed E-state index contributed by atoms with van der Waals surface area (Å²) < 4.78 is 6.07. The molecule has 3 N–H and O–H groups in total. The molecule has 1 fully saturated rings. The number of likely N-dealkylation sites (N-methyl/N-ethyl adjacent to an activating group) is 2. The van der Waals surface area contributed by atoms with Gasteiger partial charge < -0.3 is 25.4 Å². The number of likely N-dealkylation sites (tertiary alicyclic amines) is 1. The molecule has 2 aromatic rings. The number of hydrogen-bond donors (Lipinski definition) is 3. The molecule has 1 aliphatic rings. The van der Waals surface area contributed by atoms with Gasteiger partial charge in [-0.2, -0.15) is 0 Å². The van der Waals surface area contributed by atoms with Crippen LogP contribution in [-0.4, -0.2) is 94.4 Å². The fourth-order valence-electron chi connectivity index (χ4n) is 6.98. The van der Waals surface area contributed by atoms with Crippen molar-refractivity contribution in [3.05, 3.63) is 52.0 Å². The van der Waals surface area contributed by atoms with E-state index in [1.807, 2.05) is 78.9 Å². The number of thiazole rings is 1. The lowest BCUT2D eigenvalue weighted by Gasteiger charge is -2.38. The molecule has 54 heavy (non-hydrogen) atoms. The van der Waals surface area contributed by atoms with Crippen molar-refractivity contribution in [1.29, 1.82) is 0 Å². The highest BCUT2D eigenvalue weighted by Crippen LogP contribution is 2.32. The maximum atomic E-state index is 14.3.